The Morgan fingerprint density at radius 2 is 2.00 bits per heavy atom. The van der Waals surface area contributed by atoms with Crippen molar-refractivity contribution >= 4 is 23.3 Å². The molecule has 1 N–H and O–H groups in total. The van der Waals surface area contributed by atoms with Crippen LogP contribution in [-0.4, -0.2) is 15.2 Å². The Hall–Kier alpha value is -1.55. The number of para-hydroxylation sites is 1. The lowest BCUT2D eigenvalue weighted by Crippen LogP contribution is -1.96. The Morgan fingerprint density at radius 1 is 1.18 bits per heavy atom. The molecule has 2 aromatic rings. The van der Waals surface area contributed by atoms with E-state index in [0.29, 0.717) is 5.25 Å². The van der Waals surface area contributed by atoms with Crippen molar-refractivity contribution in [3.63, 3.8) is 0 Å². The van der Waals surface area contributed by atoms with Crippen molar-refractivity contribution in [1.29, 1.82) is 0 Å². The summed E-state index contributed by atoms with van der Waals surface area (Å²) < 4.78 is 0. The summed E-state index contributed by atoms with van der Waals surface area (Å²) in [6, 6.07) is 10.1. The van der Waals surface area contributed by atoms with Crippen LogP contribution in [0.2, 0.25) is 0 Å². The first-order valence-corrected chi connectivity index (χ1v) is 6.42. The molecular weight excluding hydrogens is 230 g/mol. The highest BCUT2D eigenvalue weighted by Gasteiger charge is 2.05. The smallest absolute Gasteiger partial charge is 0.133 e. The highest BCUT2D eigenvalue weighted by Crippen LogP contribution is 2.31. The molecule has 0 radical (unpaired) electrons. The lowest BCUT2D eigenvalue weighted by Gasteiger charge is -2.12. The summed E-state index contributed by atoms with van der Waals surface area (Å²) in [7, 11) is 0. The number of thioether (sulfide) groups is 1. The highest BCUT2D eigenvalue weighted by atomic mass is 32.2. The standard InChI is InChI=1S/C13H15N3S/c1-10(2)17-12-6-4-3-5-11(12)16-13-7-8-14-9-15-13/h3-10H,1-2H3,(H,14,15,16). The van der Waals surface area contributed by atoms with Gasteiger partial charge in [-0.3, -0.25) is 0 Å². The van der Waals surface area contributed by atoms with E-state index >= 15 is 0 Å². The molecule has 0 amide bonds. The SMILES string of the molecule is CC(C)Sc1ccccc1Nc1ccncn1. The van der Waals surface area contributed by atoms with E-state index in [9.17, 15) is 0 Å². The number of hydrogen-bond acceptors (Lipinski definition) is 4. The fourth-order valence-electron chi connectivity index (χ4n) is 1.43. The molecule has 0 unspecified atom stereocenters. The van der Waals surface area contributed by atoms with Gasteiger partial charge in [-0.25, -0.2) is 9.97 Å². The van der Waals surface area contributed by atoms with Crippen molar-refractivity contribution in [3.8, 4) is 0 Å². The van der Waals surface area contributed by atoms with Crippen LogP contribution in [0.25, 0.3) is 0 Å². The Bertz CT molecular complexity index is 471. The molecule has 4 heteroatoms. The van der Waals surface area contributed by atoms with Crippen molar-refractivity contribution in [2.24, 2.45) is 0 Å². The van der Waals surface area contributed by atoms with Gasteiger partial charge in [0.2, 0.25) is 0 Å². The summed E-state index contributed by atoms with van der Waals surface area (Å²) in [5.74, 6) is 0.816. The average molecular weight is 245 g/mol. The van der Waals surface area contributed by atoms with E-state index in [2.05, 4.69) is 47.3 Å². The number of nitrogens with one attached hydrogen (secondary N) is 1. The lowest BCUT2D eigenvalue weighted by molar-refractivity contribution is 1.11. The molecule has 1 heterocycles. The predicted molar refractivity (Wildman–Crippen MR) is 72.7 cm³/mol. The topological polar surface area (TPSA) is 37.8 Å². The molecule has 0 aliphatic rings. The van der Waals surface area contributed by atoms with E-state index in [0.717, 1.165) is 11.5 Å². The van der Waals surface area contributed by atoms with Crippen molar-refractivity contribution in [2.75, 3.05) is 5.32 Å². The van der Waals surface area contributed by atoms with Crippen LogP contribution < -0.4 is 5.32 Å². The van der Waals surface area contributed by atoms with Gasteiger partial charge in [-0.2, -0.15) is 0 Å². The van der Waals surface area contributed by atoms with Crippen molar-refractivity contribution < 1.29 is 0 Å². The van der Waals surface area contributed by atoms with Crippen LogP contribution in [0, 0.1) is 0 Å². The molecule has 0 bridgehead atoms. The zero-order valence-electron chi connectivity index (χ0n) is 9.92. The summed E-state index contributed by atoms with van der Waals surface area (Å²) in [4.78, 5) is 9.30. The highest BCUT2D eigenvalue weighted by molar-refractivity contribution is 8.00. The van der Waals surface area contributed by atoms with Gasteiger partial charge in [0.15, 0.2) is 0 Å². The van der Waals surface area contributed by atoms with Crippen LogP contribution in [-0.2, 0) is 0 Å². The van der Waals surface area contributed by atoms with Crippen LogP contribution in [0.3, 0.4) is 0 Å². The molecule has 0 aliphatic heterocycles. The molecule has 1 aromatic carbocycles. The monoisotopic (exact) mass is 245 g/mol. The van der Waals surface area contributed by atoms with Crippen molar-refractivity contribution in [2.45, 2.75) is 24.0 Å². The third-order valence-electron chi connectivity index (χ3n) is 2.09. The molecule has 1 aromatic heterocycles. The minimum atomic E-state index is 0.559. The normalized spacial score (nSPS) is 10.5. The fraction of sp³-hybridized carbons (Fsp3) is 0.231. The molecule has 3 nitrogen and oxygen atoms in total. The van der Waals surface area contributed by atoms with E-state index in [1.807, 2.05) is 23.9 Å². The largest absolute Gasteiger partial charge is 0.339 e. The second kappa shape index (κ2) is 5.68. The van der Waals surface area contributed by atoms with Gasteiger partial charge < -0.3 is 5.32 Å². The average Bonchev–Trinajstić information content (AvgIpc) is 2.32. The molecule has 0 atom stereocenters. The van der Waals surface area contributed by atoms with E-state index in [4.69, 9.17) is 0 Å². The molecule has 0 saturated carbocycles. The minimum absolute atomic E-state index is 0.559. The van der Waals surface area contributed by atoms with Crippen LogP contribution in [0.4, 0.5) is 11.5 Å². The molecular formula is C13H15N3S. The first kappa shape index (κ1) is 11.9. The van der Waals surface area contributed by atoms with Crippen LogP contribution in [0.1, 0.15) is 13.8 Å². The zero-order valence-corrected chi connectivity index (χ0v) is 10.7. The number of benzene rings is 1. The zero-order chi connectivity index (χ0) is 12.1. The second-order valence-electron chi connectivity index (χ2n) is 3.88. The number of aromatic nitrogens is 2. The van der Waals surface area contributed by atoms with E-state index in [-0.39, 0.29) is 0 Å². The first-order chi connectivity index (χ1) is 8.25. The van der Waals surface area contributed by atoms with Gasteiger partial charge in [0.1, 0.15) is 12.1 Å². The van der Waals surface area contributed by atoms with E-state index in [1.54, 1.807) is 12.5 Å². The third kappa shape index (κ3) is 3.46. The maximum atomic E-state index is 4.16. The summed E-state index contributed by atoms with van der Waals surface area (Å²) in [5.41, 5.74) is 1.09. The molecule has 0 aliphatic carbocycles. The predicted octanol–water partition coefficient (Wildman–Crippen LogP) is 3.72. The maximum Gasteiger partial charge on any atom is 0.133 e. The van der Waals surface area contributed by atoms with Crippen LogP contribution >= 0.6 is 11.8 Å². The van der Waals surface area contributed by atoms with Gasteiger partial charge in [0.05, 0.1) is 5.69 Å². The molecule has 0 saturated heterocycles. The minimum Gasteiger partial charge on any atom is -0.339 e. The van der Waals surface area contributed by atoms with Gasteiger partial charge in [0.25, 0.3) is 0 Å². The van der Waals surface area contributed by atoms with E-state index < -0.39 is 0 Å². The maximum absolute atomic E-state index is 4.16. The summed E-state index contributed by atoms with van der Waals surface area (Å²) in [6.45, 7) is 4.37. The summed E-state index contributed by atoms with van der Waals surface area (Å²) in [5, 5.41) is 3.86. The van der Waals surface area contributed by atoms with Crippen LogP contribution in [0.15, 0.2) is 47.8 Å². The molecule has 0 fully saturated rings. The number of rotatable bonds is 4. The van der Waals surface area contributed by atoms with Crippen molar-refractivity contribution in [3.05, 3.63) is 42.9 Å². The van der Waals surface area contributed by atoms with Crippen molar-refractivity contribution in [1.82, 2.24) is 9.97 Å². The lowest BCUT2D eigenvalue weighted by atomic mass is 10.3. The van der Waals surface area contributed by atoms with Gasteiger partial charge in [-0.05, 0) is 18.2 Å². The summed E-state index contributed by atoms with van der Waals surface area (Å²) in [6.07, 6.45) is 3.27. The Balaban J connectivity index is 2.20. The Kier molecular flexibility index (Phi) is 3.98. The van der Waals surface area contributed by atoms with Crippen LogP contribution in [0.5, 0.6) is 0 Å². The van der Waals surface area contributed by atoms with Gasteiger partial charge in [-0.15, -0.1) is 11.8 Å². The molecule has 88 valence electrons. The Morgan fingerprint density at radius 3 is 2.71 bits per heavy atom. The number of anilines is 2. The van der Waals surface area contributed by atoms with E-state index in [1.165, 1.54) is 4.90 Å². The van der Waals surface area contributed by atoms with Gasteiger partial charge in [-0.1, -0.05) is 26.0 Å². The Labute approximate surface area is 106 Å². The quantitative estimate of drug-likeness (QED) is 0.833. The molecule has 0 spiro atoms. The van der Waals surface area contributed by atoms with Gasteiger partial charge in [0, 0.05) is 16.3 Å². The molecule has 17 heavy (non-hydrogen) atoms. The second-order valence-corrected chi connectivity index (χ2v) is 5.50. The fourth-order valence-corrected chi connectivity index (χ4v) is 2.34. The van der Waals surface area contributed by atoms with Gasteiger partial charge >= 0.3 is 0 Å². The number of hydrogen-bond donors (Lipinski definition) is 1. The first-order valence-electron chi connectivity index (χ1n) is 5.54. The summed E-state index contributed by atoms with van der Waals surface area (Å²) >= 11 is 1.84. The third-order valence-corrected chi connectivity index (χ3v) is 3.18. The molecule has 2 rings (SSSR count). The number of nitrogens with zero attached hydrogens (tertiary/aromatic N) is 2.